The SMILES string of the molecule is Cc1cc(C(=O)NCC2CCCN(C)C2)ccc1N. The summed E-state index contributed by atoms with van der Waals surface area (Å²) in [6, 6.07) is 5.42. The van der Waals surface area contributed by atoms with Gasteiger partial charge in [-0.15, -0.1) is 0 Å². The maximum atomic E-state index is 12.1. The highest BCUT2D eigenvalue weighted by atomic mass is 16.1. The summed E-state index contributed by atoms with van der Waals surface area (Å²) in [6.45, 7) is 4.91. The number of hydrogen-bond acceptors (Lipinski definition) is 3. The largest absolute Gasteiger partial charge is 0.399 e. The number of rotatable bonds is 3. The molecule has 1 aromatic rings. The van der Waals surface area contributed by atoms with Crippen LogP contribution in [0.2, 0.25) is 0 Å². The lowest BCUT2D eigenvalue weighted by Crippen LogP contribution is -2.39. The van der Waals surface area contributed by atoms with Crippen LogP contribution in [0.1, 0.15) is 28.8 Å². The van der Waals surface area contributed by atoms with Crippen LogP contribution < -0.4 is 11.1 Å². The van der Waals surface area contributed by atoms with Gasteiger partial charge in [-0.1, -0.05) is 0 Å². The van der Waals surface area contributed by atoms with Crippen molar-refractivity contribution in [2.75, 3.05) is 32.4 Å². The minimum Gasteiger partial charge on any atom is -0.399 e. The van der Waals surface area contributed by atoms with Crippen LogP contribution in [-0.2, 0) is 0 Å². The van der Waals surface area contributed by atoms with Crippen LogP contribution in [0, 0.1) is 12.8 Å². The van der Waals surface area contributed by atoms with Crippen molar-refractivity contribution in [3.63, 3.8) is 0 Å². The van der Waals surface area contributed by atoms with Gasteiger partial charge in [0.1, 0.15) is 0 Å². The fourth-order valence-corrected chi connectivity index (χ4v) is 2.60. The monoisotopic (exact) mass is 261 g/mol. The first kappa shape index (κ1) is 13.9. The average molecular weight is 261 g/mol. The van der Waals surface area contributed by atoms with Gasteiger partial charge < -0.3 is 16.0 Å². The molecule has 0 aromatic heterocycles. The topological polar surface area (TPSA) is 58.4 Å². The Morgan fingerprint density at radius 2 is 2.32 bits per heavy atom. The molecule has 4 nitrogen and oxygen atoms in total. The predicted molar refractivity (Wildman–Crippen MR) is 78.1 cm³/mol. The molecule has 1 aliphatic heterocycles. The maximum Gasteiger partial charge on any atom is 0.251 e. The second kappa shape index (κ2) is 6.06. The summed E-state index contributed by atoms with van der Waals surface area (Å²) in [6.07, 6.45) is 2.42. The fourth-order valence-electron chi connectivity index (χ4n) is 2.60. The highest BCUT2D eigenvalue weighted by molar-refractivity contribution is 5.94. The van der Waals surface area contributed by atoms with Crippen molar-refractivity contribution >= 4 is 11.6 Å². The molecule has 4 heteroatoms. The van der Waals surface area contributed by atoms with Gasteiger partial charge in [-0.25, -0.2) is 0 Å². The van der Waals surface area contributed by atoms with Crippen LogP contribution in [-0.4, -0.2) is 37.5 Å². The number of likely N-dealkylation sites (tertiary alicyclic amines) is 1. The summed E-state index contributed by atoms with van der Waals surface area (Å²) < 4.78 is 0. The summed E-state index contributed by atoms with van der Waals surface area (Å²) in [5.74, 6) is 0.564. The number of benzene rings is 1. The van der Waals surface area contributed by atoms with Crippen molar-refractivity contribution in [3.8, 4) is 0 Å². The smallest absolute Gasteiger partial charge is 0.251 e. The van der Waals surface area contributed by atoms with Gasteiger partial charge in [0.15, 0.2) is 0 Å². The van der Waals surface area contributed by atoms with Crippen LogP contribution in [0.5, 0.6) is 0 Å². The van der Waals surface area contributed by atoms with Crippen LogP contribution >= 0.6 is 0 Å². The van der Waals surface area contributed by atoms with Crippen molar-refractivity contribution in [2.24, 2.45) is 5.92 Å². The number of nitrogens with one attached hydrogen (secondary N) is 1. The molecule has 1 amide bonds. The molecule has 2 rings (SSSR count). The van der Waals surface area contributed by atoms with E-state index in [2.05, 4.69) is 17.3 Å². The van der Waals surface area contributed by atoms with E-state index in [4.69, 9.17) is 5.73 Å². The molecule has 1 aliphatic rings. The summed E-state index contributed by atoms with van der Waals surface area (Å²) in [5.41, 5.74) is 8.12. The number of anilines is 1. The first-order valence-corrected chi connectivity index (χ1v) is 6.89. The van der Waals surface area contributed by atoms with Crippen molar-refractivity contribution in [2.45, 2.75) is 19.8 Å². The molecule has 1 unspecified atom stereocenters. The summed E-state index contributed by atoms with van der Waals surface area (Å²) >= 11 is 0. The first-order valence-electron chi connectivity index (χ1n) is 6.89. The molecule has 104 valence electrons. The number of aryl methyl sites for hydroxylation is 1. The maximum absolute atomic E-state index is 12.1. The highest BCUT2D eigenvalue weighted by Crippen LogP contribution is 2.15. The molecular weight excluding hydrogens is 238 g/mol. The molecule has 3 N–H and O–H groups in total. The number of nitrogens with zero attached hydrogens (tertiary/aromatic N) is 1. The third-order valence-corrected chi connectivity index (χ3v) is 3.81. The molecule has 1 fully saturated rings. The zero-order valence-corrected chi connectivity index (χ0v) is 11.8. The van der Waals surface area contributed by atoms with Gasteiger partial charge >= 0.3 is 0 Å². The van der Waals surface area contributed by atoms with Gasteiger partial charge in [0, 0.05) is 24.3 Å². The van der Waals surface area contributed by atoms with Crippen molar-refractivity contribution in [3.05, 3.63) is 29.3 Å². The number of amides is 1. The van der Waals surface area contributed by atoms with E-state index in [9.17, 15) is 4.79 Å². The van der Waals surface area contributed by atoms with Crippen LogP contribution in [0.3, 0.4) is 0 Å². The number of piperidine rings is 1. The van der Waals surface area contributed by atoms with E-state index in [0.29, 0.717) is 11.5 Å². The Labute approximate surface area is 115 Å². The lowest BCUT2D eigenvalue weighted by atomic mass is 9.98. The Morgan fingerprint density at radius 3 is 3.00 bits per heavy atom. The fraction of sp³-hybridized carbons (Fsp3) is 0.533. The summed E-state index contributed by atoms with van der Waals surface area (Å²) in [7, 11) is 2.14. The van der Waals surface area contributed by atoms with E-state index < -0.39 is 0 Å². The molecule has 0 saturated carbocycles. The van der Waals surface area contributed by atoms with Gasteiger partial charge in [-0.2, -0.15) is 0 Å². The Hall–Kier alpha value is -1.55. The summed E-state index contributed by atoms with van der Waals surface area (Å²) in [5, 5.41) is 3.03. The zero-order chi connectivity index (χ0) is 13.8. The van der Waals surface area contributed by atoms with E-state index in [-0.39, 0.29) is 5.91 Å². The third-order valence-electron chi connectivity index (χ3n) is 3.81. The van der Waals surface area contributed by atoms with E-state index in [0.717, 1.165) is 24.3 Å². The first-order chi connectivity index (χ1) is 9.06. The van der Waals surface area contributed by atoms with E-state index in [1.54, 1.807) is 12.1 Å². The molecular formula is C15H23N3O. The molecule has 1 aromatic carbocycles. The number of carbonyl (C=O) groups is 1. The minimum absolute atomic E-state index is 0.00340. The lowest BCUT2D eigenvalue weighted by molar-refractivity contribution is 0.0937. The molecule has 0 aliphatic carbocycles. The molecule has 1 heterocycles. The van der Waals surface area contributed by atoms with E-state index >= 15 is 0 Å². The quantitative estimate of drug-likeness (QED) is 0.813. The van der Waals surface area contributed by atoms with Gasteiger partial charge in [-0.3, -0.25) is 4.79 Å². The second-order valence-corrected chi connectivity index (χ2v) is 5.55. The molecule has 19 heavy (non-hydrogen) atoms. The van der Waals surface area contributed by atoms with Gasteiger partial charge in [0.25, 0.3) is 5.91 Å². The molecule has 1 saturated heterocycles. The van der Waals surface area contributed by atoms with Crippen molar-refractivity contribution < 1.29 is 4.79 Å². The average Bonchev–Trinajstić information content (AvgIpc) is 2.39. The number of nitrogen functional groups attached to an aromatic ring is 1. The van der Waals surface area contributed by atoms with Gasteiger partial charge in [0.05, 0.1) is 0 Å². The Morgan fingerprint density at radius 1 is 1.53 bits per heavy atom. The molecule has 0 spiro atoms. The molecule has 0 radical (unpaired) electrons. The van der Waals surface area contributed by atoms with Crippen LogP contribution in [0.25, 0.3) is 0 Å². The number of hydrogen-bond donors (Lipinski definition) is 2. The van der Waals surface area contributed by atoms with E-state index in [1.807, 2.05) is 13.0 Å². The van der Waals surface area contributed by atoms with Crippen LogP contribution in [0.15, 0.2) is 18.2 Å². The zero-order valence-electron chi connectivity index (χ0n) is 11.8. The standard InChI is InChI=1S/C15H23N3O/c1-11-8-13(5-6-14(11)16)15(19)17-9-12-4-3-7-18(2)10-12/h5-6,8,12H,3-4,7,9-10,16H2,1-2H3,(H,17,19). The Bertz CT molecular complexity index is 459. The summed E-state index contributed by atoms with van der Waals surface area (Å²) in [4.78, 5) is 14.4. The Balaban J connectivity index is 1.88. The number of carbonyl (C=O) groups excluding carboxylic acids is 1. The normalized spacial score (nSPS) is 20.2. The second-order valence-electron chi connectivity index (χ2n) is 5.55. The third kappa shape index (κ3) is 3.70. The number of nitrogens with two attached hydrogens (primary N) is 1. The Kier molecular flexibility index (Phi) is 4.43. The minimum atomic E-state index is -0.00340. The molecule has 0 bridgehead atoms. The van der Waals surface area contributed by atoms with E-state index in [1.165, 1.54) is 19.4 Å². The predicted octanol–water partition coefficient (Wildman–Crippen LogP) is 1.65. The lowest BCUT2D eigenvalue weighted by Gasteiger charge is -2.29. The molecule has 1 atom stereocenters. The van der Waals surface area contributed by atoms with Crippen molar-refractivity contribution in [1.29, 1.82) is 0 Å². The van der Waals surface area contributed by atoms with Gasteiger partial charge in [0.2, 0.25) is 0 Å². The highest BCUT2D eigenvalue weighted by Gasteiger charge is 2.18. The van der Waals surface area contributed by atoms with Crippen LogP contribution in [0.4, 0.5) is 5.69 Å². The van der Waals surface area contributed by atoms with Gasteiger partial charge in [-0.05, 0) is 63.0 Å². The van der Waals surface area contributed by atoms with Crippen molar-refractivity contribution in [1.82, 2.24) is 10.2 Å².